The Bertz CT molecular complexity index is 497. The maximum absolute atomic E-state index is 10.5. The van der Waals surface area contributed by atoms with Crippen LogP contribution in [0, 0.1) is 0 Å². The molecule has 0 aliphatic rings. The number of amides is 1. The summed E-state index contributed by atoms with van der Waals surface area (Å²) in [5.41, 5.74) is 5.79. The first-order valence-electron chi connectivity index (χ1n) is 4.52. The van der Waals surface area contributed by atoms with Crippen molar-refractivity contribution >= 4 is 16.8 Å². The molecule has 0 saturated heterocycles. The highest BCUT2D eigenvalue weighted by molar-refractivity contribution is 5.79. The maximum Gasteiger partial charge on any atom is 0.255 e. The second-order valence-electron chi connectivity index (χ2n) is 3.10. The summed E-state index contributed by atoms with van der Waals surface area (Å²) in [7, 11) is 0. The Kier molecular flexibility index (Phi) is 2.49. The summed E-state index contributed by atoms with van der Waals surface area (Å²) in [6.07, 6.45) is 0. The van der Waals surface area contributed by atoms with Crippen LogP contribution in [0.15, 0.2) is 36.4 Å². The lowest BCUT2D eigenvalue weighted by molar-refractivity contribution is -0.120. The van der Waals surface area contributed by atoms with E-state index in [4.69, 9.17) is 10.5 Å². The number of fused-ring (bicyclic) bond motifs is 1. The first-order chi connectivity index (χ1) is 7.25. The third-order valence-electron chi connectivity index (χ3n) is 1.94. The molecule has 0 aliphatic heterocycles. The molecule has 2 N–H and O–H groups in total. The largest absolute Gasteiger partial charge is 0.468 e. The molecular weight excluding hydrogens is 192 g/mol. The number of ether oxygens (including phenoxy) is 1. The van der Waals surface area contributed by atoms with Gasteiger partial charge in [-0.05, 0) is 12.1 Å². The van der Waals surface area contributed by atoms with E-state index in [-0.39, 0.29) is 6.61 Å². The van der Waals surface area contributed by atoms with E-state index in [0.717, 1.165) is 10.9 Å². The summed E-state index contributed by atoms with van der Waals surface area (Å²) in [6.45, 7) is -0.147. The molecule has 1 amide bonds. The van der Waals surface area contributed by atoms with Crippen molar-refractivity contribution in [1.82, 2.24) is 4.98 Å². The highest BCUT2D eigenvalue weighted by Gasteiger charge is 2.00. The number of pyridine rings is 1. The average molecular weight is 202 g/mol. The minimum absolute atomic E-state index is 0.147. The van der Waals surface area contributed by atoms with Crippen molar-refractivity contribution in [2.24, 2.45) is 5.73 Å². The Morgan fingerprint density at radius 1 is 1.27 bits per heavy atom. The molecule has 1 aromatic heterocycles. The van der Waals surface area contributed by atoms with E-state index in [1.165, 1.54) is 0 Å². The number of aromatic nitrogens is 1. The lowest BCUT2D eigenvalue weighted by Crippen LogP contribution is -2.20. The molecule has 4 nitrogen and oxygen atoms in total. The van der Waals surface area contributed by atoms with E-state index >= 15 is 0 Å². The number of carbonyl (C=O) groups excluding carboxylic acids is 1. The Morgan fingerprint density at radius 3 is 2.87 bits per heavy atom. The van der Waals surface area contributed by atoms with Gasteiger partial charge in [0.15, 0.2) is 6.61 Å². The molecular formula is C11H10N2O2. The normalized spacial score (nSPS) is 10.1. The smallest absolute Gasteiger partial charge is 0.255 e. The lowest BCUT2D eigenvalue weighted by Gasteiger charge is -2.03. The topological polar surface area (TPSA) is 65.2 Å². The van der Waals surface area contributed by atoms with E-state index in [9.17, 15) is 4.79 Å². The van der Waals surface area contributed by atoms with Crippen LogP contribution in [0.3, 0.4) is 0 Å². The molecule has 0 bridgehead atoms. The van der Waals surface area contributed by atoms with Gasteiger partial charge in [0, 0.05) is 11.5 Å². The standard InChI is InChI=1S/C11H10N2O2/c12-10(14)7-15-11-6-5-8-3-1-2-4-9(8)13-11/h1-6H,7H2,(H2,12,14). The summed E-state index contributed by atoms with van der Waals surface area (Å²) in [5, 5.41) is 1.03. The SMILES string of the molecule is NC(=O)COc1ccc2ccccc2n1. The van der Waals surface area contributed by atoms with Crippen LogP contribution in [0.25, 0.3) is 10.9 Å². The maximum atomic E-state index is 10.5. The van der Waals surface area contributed by atoms with Gasteiger partial charge in [-0.3, -0.25) is 4.79 Å². The predicted molar refractivity (Wildman–Crippen MR) is 56.4 cm³/mol. The van der Waals surface area contributed by atoms with Crippen molar-refractivity contribution in [2.45, 2.75) is 0 Å². The average Bonchev–Trinajstić information content (AvgIpc) is 2.26. The van der Waals surface area contributed by atoms with Crippen LogP contribution in [-0.4, -0.2) is 17.5 Å². The second-order valence-corrected chi connectivity index (χ2v) is 3.10. The number of hydrogen-bond acceptors (Lipinski definition) is 3. The number of nitrogens with two attached hydrogens (primary N) is 1. The van der Waals surface area contributed by atoms with Crippen LogP contribution in [0.5, 0.6) is 5.88 Å². The summed E-state index contributed by atoms with van der Waals surface area (Å²) < 4.78 is 5.09. The lowest BCUT2D eigenvalue weighted by atomic mass is 10.2. The van der Waals surface area contributed by atoms with Crippen molar-refractivity contribution < 1.29 is 9.53 Å². The van der Waals surface area contributed by atoms with Gasteiger partial charge >= 0.3 is 0 Å². The molecule has 4 heteroatoms. The molecule has 0 unspecified atom stereocenters. The fourth-order valence-electron chi connectivity index (χ4n) is 1.27. The van der Waals surface area contributed by atoms with Crippen LogP contribution in [0.4, 0.5) is 0 Å². The molecule has 0 aliphatic carbocycles. The van der Waals surface area contributed by atoms with Gasteiger partial charge in [-0.2, -0.15) is 0 Å². The molecule has 2 rings (SSSR count). The van der Waals surface area contributed by atoms with E-state index in [0.29, 0.717) is 5.88 Å². The van der Waals surface area contributed by atoms with Crippen LogP contribution in [0.1, 0.15) is 0 Å². The highest BCUT2D eigenvalue weighted by Crippen LogP contribution is 2.15. The van der Waals surface area contributed by atoms with Crippen LogP contribution >= 0.6 is 0 Å². The number of carbonyl (C=O) groups is 1. The van der Waals surface area contributed by atoms with E-state index in [1.54, 1.807) is 6.07 Å². The molecule has 0 spiro atoms. The Balaban J connectivity index is 2.26. The number of primary amides is 1. The quantitative estimate of drug-likeness (QED) is 0.810. The molecule has 15 heavy (non-hydrogen) atoms. The zero-order valence-electron chi connectivity index (χ0n) is 8.01. The number of rotatable bonds is 3. The first-order valence-corrected chi connectivity index (χ1v) is 4.52. The summed E-state index contributed by atoms with van der Waals surface area (Å²) in [5.74, 6) is -0.0996. The summed E-state index contributed by atoms with van der Waals surface area (Å²) >= 11 is 0. The second kappa shape index (κ2) is 3.96. The minimum Gasteiger partial charge on any atom is -0.468 e. The first kappa shape index (κ1) is 9.45. The molecule has 0 radical (unpaired) electrons. The van der Waals surface area contributed by atoms with Crippen molar-refractivity contribution in [3.8, 4) is 5.88 Å². The number of hydrogen-bond donors (Lipinski definition) is 1. The molecule has 0 saturated carbocycles. The number of nitrogens with zero attached hydrogens (tertiary/aromatic N) is 1. The summed E-state index contributed by atoms with van der Waals surface area (Å²) in [6, 6.07) is 11.3. The van der Waals surface area contributed by atoms with Crippen molar-refractivity contribution in [2.75, 3.05) is 6.61 Å². The van der Waals surface area contributed by atoms with E-state index in [2.05, 4.69) is 4.98 Å². The van der Waals surface area contributed by atoms with Gasteiger partial charge in [0.2, 0.25) is 5.88 Å². The zero-order valence-corrected chi connectivity index (χ0v) is 8.01. The van der Waals surface area contributed by atoms with Crippen molar-refractivity contribution in [3.05, 3.63) is 36.4 Å². The van der Waals surface area contributed by atoms with Crippen molar-refractivity contribution in [3.63, 3.8) is 0 Å². The molecule has 1 aromatic carbocycles. The van der Waals surface area contributed by atoms with Gasteiger partial charge in [-0.15, -0.1) is 0 Å². The van der Waals surface area contributed by atoms with Gasteiger partial charge in [-0.1, -0.05) is 18.2 Å². The van der Waals surface area contributed by atoms with Gasteiger partial charge in [0.05, 0.1) is 5.52 Å². The minimum atomic E-state index is -0.509. The monoisotopic (exact) mass is 202 g/mol. The molecule has 0 atom stereocenters. The number of benzene rings is 1. The predicted octanol–water partition coefficient (Wildman–Crippen LogP) is 1.10. The molecule has 0 fully saturated rings. The zero-order chi connectivity index (χ0) is 10.7. The van der Waals surface area contributed by atoms with Gasteiger partial charge in [0.1, 0.15) is 0 Å². The van der Waals surface area contributed by atoms with Crippen LogP contribution in [0.2, 0.25) is 0 Å². The third-order valence-corrected chi connectivity index (χ3v) is 1.94. The summed E-state index contributed by atoms with van der Waals surface area (Å²) in [4.78, 5) is 14.7. The Morgan fingerprint density at radius 2 is 2.07 bits per heavy atom. The third kappa shape index (κ3) is 2.22. The fourth-order valence-corrected chi connectivity index (χ4v) is 1.27. The van der Waals surface area contributed by atoms with E-state index in [1.807, 2.05) is 30.3 Å². The fraction of sp³-hybridized carbons (Fsp3) is 0.0909. The highest BCUT2D eigenvalue weighted by atomic mass is 16.5. The molecule has 76 valence electrons. The van der Waals surface area contributed by atoms with Crippen LogP contribution < -0.4 is 10.5 Å². The van der Waals surface area contributed by atoms with Gasteiger partial charge < -0.3 is 10.5 Å². The van der Waals surface area contributed by atoms with Gasteiger partial charge in [-0.25, -0.2) is 4.98 Å². The van der Waals surface area contributed by atoms with Gasteiger partial charge in [0.25, 0.3) is 5.91 Å². The Hall–Kier alpha value is -2.10. The van der Waals surface area contributed by atoms with Crippen LogP contribution in [-0.2, 0) is 4.79 Å². The van der Waals surface area contributed by atoms with Crippen molar-refractivity contribution in [1.29, 1.82) is 0 Å². The number of para-hydroxylation sites is 1. The molecule has 1 heterocycles. The Labute approximate surface area is 86.7 Å². The molecule has 2 aromatic rings. The van der Waals surface area contributed by atoms with E-state index < -0.39 is 5.91 Å².